The van der Waals surface area contributed by atoms with E-state index in [1.54, 1.807) is 0 Å². The van der Waals surface area contributed by atoms with Gasteiger partial charge in [-0.3, -0.25) is 0 Å². The molecule has 0 aromatic heterocycles. The van der Waals surface area contributed by atoms with E-state index >= 15 is 0 Å². The molecule has 0 spiro atoms. The molecule has 0 aliphatic heterocycles. The van der Waals surface area contributed by atoms with Crippen LogP contribution in [0.3, 0.4) is 0 Å². The van der Waals surface area contributed by atoms with Gasteiger partial charge in [0, 0.05) is 12.8 Å². The van der Waals surface area contributed by atoms with E-state index in [1.807, 2.05) is 0 Å². The van der Waals surface area contributed by atoms with Gasteiger partial charge in [0.25, 0.3) is 0 Å². The molecule has 0 N–H and O–H groups in total. The third-order valence-electron chi connectivity index (χ3n) is 3.89. The highest BCUT2D eigenvalue weighted by molar-refractivity contribution is 5.01. The minimum Gasteiger partial charge on any atom is -0.103 e. The summed E-state index contributed by atoms with van der Waals surface area (Å²) < 4.78 is 0. The van der Waals surface area contributed by atoms with Crippen molar-refractivity contribution in [2.45, 2.75) is 65.7 Å². The Morgan fingerprint density at radius 3 is 2.47 bits per heavy atom. The molecule has 0 aromatic carbocycles. The highest BCUT2D eigenvalue weighted by Crippen LogP contribution is 2.34. The number of hydrogen-bond donors (Lipinski definition) is 0. The molecule has 0 radical (unpaired) electrons. The maximum absolute atomic E-state index is 3.39. The summed E-state index contributed by atoms with van der Waals surface area (Å²) in [4.78, 5) is 0. The Morgan fingerprint density at radius 1 is 1.13 bits per heavy atom. The van der Waals surface area contributed by atoms with E-state index in [0.717, 1.165) is 30.6 Å². The Balaban J connectivity index is 2.15. The smallest absolute Gasteiger partial charge is 0.0117 e. The average molecular weight is 206 g/mol. The summed E-state index contributed by atoms with van der Waals surface area (Å²) in [5, 5.41) is 0. The van der Waals surface area contributed by atoms with Gasteiger partial charge in [-0.2, -0.15) is 0 Å². The fraction of sp³-hybridized carbons (Fsp3) is 0.867. The van der Waals surface area contributed by atoms with Gasteiger partial charge in [0.2, 0.25) is 0 Å². The second-order valence-corrected chi connectivity index (χ2v) is 5.23. The standard InChI is InChI=1S/C15H26/c1-4-13(3)8-6-7-9-15-11-10-14(5-2)12-15/h13-15H,4-5,8-12H2,1-3H3. The number of hydrogen-bond acceptors (Lipinski definition) is 0. The topological polar surface area (TPSA) is 0 Å². The van der Waals surface area contributed by atoms with Crippen molar-refractivity contribution in [1.82, 2.24) is 0 Å². The van der Waals surface area contributed by atoms with Gasteiger partial charge in [0.1, 0.15) is 0 Å². The first-order chi connectivity index (χ1) is 7.26. The molecule has 0 saturated heterocycles. The molecule has 0 nitrogen and oxygen atoms in total. The lowest BCUT2D eigenvalue weighted by molar-refractivity contribution is 0.486. The molecule has 0 heterocycles. The molecule has 1 saturated carbocycles. The molecule has 1 rings (SSSR count). The van der Waals surface area contributed by atoms with Gasteiger partial charge in [-0.25, -0.2) is 0 Å². The fourth-order valence-electron chi connectivity index (χ4n) is 2.34. The van der Waals surface area contributed by atoms with E-state index in [4.69, 9.17) is 0 Å². The first-order valence-corrected chi connectivity index (χ1v) is 6.71. The SMILES string of the molecule is CCC(C)CC#CCC1CCC(CC)C1. The summed E-state index contributed by atoms with van der Waals surface area (Å²) in [5.41, 5.74) is 0. The van der Waals surface area contributed by atoms with Gasteiger partial charge in [-0.1, -0.05) is 40.0 Å². The molecule has 0 amide bonds. The van der Waals surface area contributed by atoms with Crippen LogP contribution in [0.4, 0.5) is 0 Å². The molecule has 1 aliphatic carbocycles. The van der Waals surface area contributed by atoms with Crippen LogP contribution in [0.1, 0.15) is 65.7 Å². The van der Waals surface area contributed by atoms with Crippen LogP contribution in [-0.2, 0) is 0 Å². The highest BCUT2D eigenvalue weighted by Gasteiger charge is 2.21. The molecule has 1 fully saturated rings. The molecule has 0 bridgehead atoms. The van der Waals surface area contributed by atoms with E-state index in [9.17, 15) is 0 Å². The van der Waals surface area contributed by atoms with Crippen molar-refractivity contribution in [2.24, 2.45) is 17.8 Å². The van der Waals surface area contributed by atoms with E-state index in [0.29, 0.717) is 0 Å². The first-order valence-electron chi connectivity index (χ1n) is 6.71. The predicted octanol–water partition coefficient (Wildman–Crippen LogP) is 4.64. The van der Waals surface area contributed by atoms with Gasteiger partial charge in [0.15, 0.2) is 0 Å². The van der Waals surface area contributed by atoms with Crippen molar-refractivity contribution in [3.63, 3.8) is 0 Å². The zero-order valence-corrected chi connectivity index (χ0v) is 10.7. The van der Waals surface area contributed by atoms with Crippen molar-refractivity contribution in [2.75, 3.05) is 0 Å². The molecule has 3 atom stereocenters. The zero-order valence-electron chi connectivity index (χ0n) is 10.7. The monoisotopic (exact) mass is 206 g/mol. The lowest BCUT2D eigenvalue weighted by Crippen LogP contribution is -1.94. The summed E-state index contributed by atoms with van der Waals surface area (Å²) in [5.74, 6) is 9.44. The quantitative estimate of drug-likeness (QED) is 0.588. The van der Waals surface area contributed by atoms with Gasteiger partial charge in [0.05, 0.1) is 0 Å². The molecule has 15 heavy (non-hydrogen) atoms. The Hall–Kier alpha value is -0.440. The lowest BCUT2D eigenvalue weighted by atomic mass is 10.00. The minimum absolute atomic E-state index is 0.782. The van der Waals surface area contributed by atoms with Crippen molar-refractivity contribution in [3.05, 3.63) is 0 Å². The maximum Gasteiger partial charge on any atom is 0.0117 e. The average Bonchev–Trinajstić information content (AvgIpc) is 2.72. The number of rotatable bonds is 4. The van der Waals surface area contributed by atoms with Crippen LogP contribution in [0.5, 0.6) is 0 Å². The van der Waals surface area contributed by atoms with Crippen molar-refractivity contribution < 1.29 is 0 Å². The third-order valence-corrected chi connectivity index (χ3v) is 3.89. The second-order valence-electron chi connectivity index (χ2n) is 5.23. The van der Waals surface area contributed by atoms with Crippen LogP contribution in [0.25, 0.3) is 0 Å². The highest BCUT2D eigenvalue weighted by atomic mass is 14.3. The Labute approximate surface area is 95.8 Å². The molecular formula is C15H26. The molecule has 0 aromatic rings. The zero-order chi connectivity index (χ0) is 11.1. The molecule has 0 heteroatoms. The predicted molar refractivity (Wildman–Crippen MR) is 67.6 cm³/mol. The Bertz CT molecular complexity index is 218. The fourth-order valence-corrected chi connectivity index (χ4v) is 2.34. The van der Waals surface area contributed by atoms with Gasteiger partial charge >= 0.3 is 0 Å². The Morgan fingerprint density at radius 2 is 1.87 bits per heavy atom. The summed E-state index contributed by atoms with van der Waals surface area (Å²) in [6.07, 6.45) is 9.21. The minimum atomic E-state index is 0.782. The van der Waals surface area contributed by atoms with Crippen LogP contribution in [0.2, 0.25) is 0 Å². The van der Waals surface area contributed by atoms with E-state index < -0.39 is 0 Å². The van der Waals surface area contributed by atoms with E-state index in [-0.39, 0.29) is 0 Å². The Kier molecular flexibility index (Phi) is 5.84. The van der Waals surface area contributed by atoms with E-state index in [2.05, 4.69) is 32.6 Å². The largest absolute Gasteiger partial charge is 0.103 e. The molecule has 1 aliphatic rings. The third kappa shape index (κ3) is 4.74. The molecular weight excluding hydrogens is 180 g/mol. The summed E-state index contributed by atoms with van der Waals surface area (Å²) in [6.45, 7) is 6.86. The first kappa shape index (κ1) is 12.6. The van der Waals surface area contributed by atoms with Crippen molar-refractivity contribution >= 4 is 0 Å². The van der Waals surface area contributed by atoms with Gasteiger partial charge < -0.3 is 0 Å². The van der Waals surface area contributed by atoms with Crippen LogP contribution in [0, 0.1) is 29.6 Å². The van der Waals surface area contributed by atoms with Crippen LogP contribution in [0.15, 0.2) is 0 Å². The van der Waals surface area contributed by atoms with Crippen LogP contribution < -0.4 is 0 Å². The molecule has 86 valence electrons. The second kappa shape index (κ2) is 6.94. The summed E-state index contributed by atoms with van der Waals surface area (Å²) >= 11 is 0. The van der Waals surface area contributed by atoms with Crippen LogP contribution >= 0.6 is 0 Å². The molecule has 3 unspecified atom stereocenters. The van der Waals surface area contributed by atoms with Crippen molar-refractivity contribution in [3.8, 4) is 11.8 Å². The summed E-state index contributed by atoms with van der Waals surface area (Å²) in [6, 6.07) is 0. The maximum atomic E-state index is 3.39. The van der Waals surface area contributed by atoms with Gasteiger partial charge in [-0.15, -0.1) is 11.8 Å². The van der Waals surface area contributed by atoms with Gasteiger partial charge in [-0.05, 0) is 30.6 Å². The van der Waals surface area contributed by atoms with Crippen molar-refractivity contribution in [1.29, 1.82) is 0 Å². The normalized spacial score (nSPS) is 27.1. The van der Waals surface area contributed by atoms with Crippen LogP contribution in [-0.4, -0.2) is 0 Å². The summed E-state index contributed by atoms with van der Waals surface area (Å²) in [7, 11) is 0. The lowest BCUT2D eigenvalue weighted by Gasteiger charge is -2.05. The van der Waals surface area contributed by atoms with E-state index in [1.165, 1.54) is 32.1 Å².